The molecule has 0 saturated carbocycles. The van der Waals surface area contributed by atoms with Crippen molar-refractivity contribution in [1.82, 2.24) is 4.98 Å². The minimum Gasteiger partial charge on any atom is -0.495 e. The van der Waals surface area contributed by atoms with Gasteiger partial charge in [-0.15, -0.1) is 0 Å². The van der Waals surface area contributed by atoms with E-state index in [1.165, 1.54) is 19.2 Å². The first-order valence-electron chi connectivity index (χ1n) is 8.44. The Kier molecular flexibility index (Phi) is 6.06. The molecule has 3 rings (SSSR count). The normalized spacial score (nSPS) is 10.5. The number of aromatic nitrogens is 1. The fourth-order valence-electron chi connectivity index (χ4n) is 2.68. The molecule has 144 valence electrons. The summed E-state index contributed by atoms with van der Waals surface area (Å²) >= 11 is 5.84. The number of hydrogen-bond donors (Lipinski definition) is 2. The maximum atomic E-state index is 13.4. The molecule has 1 heterocycles. The molecule has 0 bridgehead atoms. The predicted octanol–water partition coefficient (Wildman–Crippen LogP) is 4.70. The molecule has 0 radical (unpaired) electrons. The zero-order valence-corrected chi connectivity index (χ0v) is 15.7. The first kappa shape index (κ1) is 19.6. The van der Waals surface area contributed by atoms with Gasteiger partial charge >= 0.3 is 0 Å². The smallest absolute Gasteiger partial charge is 0.224 e. The lowest BCUT2D eigenvalue weighted by atomic mass is 10.1. The molecule has 6 nitrogen and oxygen atoms in total. The molecule has 0 atom stereocenters. The Labute approximate surface area is 165 Å². The quantitative estimate of drug-likeness (QED) is 0.561. The van der Waals surface area contributed by atoms with Crippen LogP contribution in [0.1, 0.15) is 12.8 Å². The molecule has 2 aromatic carbocycles. The van der Waals surface area contributed by atoms with Gasteiger partial charge in [-0.3, -0.25) is 4.79 Å². The van der Waals surface area contributed by atoms with Gasteiger partial charge in [0.2, 0.25) is 5.91 Å². The van der Waals surface area contributed by atoms with Crippen molar-refractivity contribution in [2.75, 3.05) is 17.7 Å². The summed E-state index contributed by atoms with van der Waals surface area (Å²) in [6.45, 7) is 0. The zero-order chi connectivity index (χ0) is 20.1. The number of anilines is 3. The minimum absolute atomic E-state index is 0.00460. The van der Waals surface area contributed by atoms with E-state index in [0.717, 1.165) is 10.8 Å². The Hall–Kier alpha value is -3.19. The van der Waals surface area contributed by atoms with Crippen LogP contribution < -0.4 is 15.4 Å². The molecule has 28 heavy (non-hydrogen) atoms. The van der Waals surface area contributed by atoms with E-state index < -0.39 is 5.82 Å². The second-order valence-corrected chi connectivity index (χ2v) is 6.35. The molecule has 8 heteroatoms. The van der Waals surface area contributed by atoms with Crippen LogP contribution in [0.25, 0.3) is 10.8 Å². The third-order valence-electron chi connectivity index (χ3n) is 4.03. The lowest BCUT2D eigenvalue weighted by Gasteiger charge is -2.14. The molecule has 0 spiro atoms. The SMILES string of the molecule is COc1cc2ccnc(Nc3ccc(F)c(Cl)c3)c2cc1NC(=O)CCC=O. The summed E-state index contributed by atoms with van der Waals surface area (Å²) in [4.78, 5) is 26.8. The van der Waals surface area contributed by atoms with Gasteiger partial charge in [-0.05, 0) is 41.8 Å². The van der Waals surface area contributed by atoms with Crippen LogP contribution in [0.4, 0.5) is 21.6 Å². The Morgan fingerprint density at radius 2 is 2.11 bits per heavy atom. The molecule has 0 saturated heterocycles. The first-order valence-corrected chi connectivity index (χ1v) is 8.82. The number of carbonyl (C=O) groups is 2. The molecular formula is C20H17ClFN3O3. The maximum absolute atomic E-state index is 13.4. The monoisotopic (exact) mass is 401 g/mol. The fourth-order valence-corrected chi connectivity index (χ4v) is 2.86. The molecule has 0 aliphatic rings. The lowest BCUT2D eigenvalue weighted by Crippen LogP contribution is -2.12. The zero-order valence-electron chi connectivity index (χ0n) is 15.0. The third-order valence-corrected chi connectivity index (χ3v) is 4.32. The van der Waals surface area contributed by atoms with Crippen LogP contribution >= 0.6 is 11.6 Å². The van der Waals surface area contributed by atoms with Crippen molar-refractivity contribution in [1.29, 1.82) is 0 Å². The van der Waals surface area contributed by atoms with Gasteiger partial charge in [0.1, 0.15) is 23.7 Å². The van der Waals surface area contributed by atoms with Crippen molar-refractivity contribution in [3.63, 3.8) is 0 Å². The van der Waals surface area contributed by atoms with Crippen LogP contribution in [0.3, 0.4) is 0 Å². The molecule has 2 N–H and O–H groups in total. The highest BCUT2D eigenvalue weighted by Gasteiger charge is 2.12. The lowest BCUT2D eigenvalue weighted by molar-refractivity contribution is -0.118. The standard InChI is InChI=1S/C20H17ClFN3O3/c1-28-18-9-12-6-7-23-20(24-13-4-5-16(22)15(21)10-13)14(12)11-17(18)25-19(27)3-2-8-26/h4-11H,2-3H2,1H3,(H,23,24)(H,25,27). The van der Waals surface area contributed by atoms with Crippen molar-refractivity contribution in [3.8, 4) is 5.75 Å². The van der Waals surface area contributed by atoms with E-state index >= 15 is 0 Å². The van der Waals surface area contributed by atoms with Crippen molar-refractivity contribution in [3.05, 3.63) is 53.4 Å². The minimum atomic E-state index is -0.511. The van der Waals surface area contributed by atoms with Crippen molar-refractivity contribution in [2.24, 2.45) is 0 Å². The second kappa shape index (κ2) is 8.67. The number of carbonyl (C=O) groups excluding carboxylic acids is 2. The predicted molar refractivity (Wildman–Crippen MR) is 107 cm³/mol. The fraction of sp³-hybridized carbons (Fsp3) is 0.150. The molecule has 1 aromatic heterocycles. The highest BCUT2D eigenvalue weighted by Crippen LogP contribution is 2.34. The van der Waals surface area contributed by atoms with Gasteiger partial charge in [-0.2, -0.15) is 0 Å². The molecule has 0 unspecified atom stereocenters. The Bertz CT molecular complexity index is 1040. The maximum Gasteiger partial charge on any atom is 0.224 e. The Morgan fingerprint density at radius 1 is 1.29 bits per heavy atom. The van der Waals surface area contributed by atoms with Gasteiger partial charge < -0.3 is 20.2 Å². The van der Waals surface area contributed by atoms with E-state index in [-0.39, 0.29) is 23.8 Å². The number of nitrogens with one attached hydrogen (secondary N) is 2. The molecule has 0 aliphatic carbocycles. The van der Waals surface area contributed by atoms with E-state index in [1.54, 1.807) is 30.5 Å². The van der Waals surface area contributed by atoms with Crippen LogP contribution in [0.15, 0.2) is 42.6 Å². The van der Waals surface area contributed by atoms with Crippen LogP contribution in [0, 0.1) is 5.82 Å². The van der Waals surface area contributed by atoms with Crippen LogP contribution in [-0.4, -0.2) is 24.3 Å². The number of rotatable bonds is 7. The number of benzene rings is 2. The van der Waals surface area contributed by atoms with E-state index in [0.29, 0.717) is 29.2 Å². The number of halogens is 2. The van der Waals surface area contributed by atoms with Crippen LogP contribution in [0.2, 0.25) is 5.02 Å². The molecule has 0 aliphatic heterocycles. The Balaban J connectivity index is 1.99. The summed E-state index contributed by atoms with van der Waals surface area (Å²) in [7, 11) is 1.50. The average molecular weight is 402 g/mol. The number of aldehydes is 1. The molecule has 1 amide bonds. The van der Waals surface area contributed by atoms with Gasteiger partial charge in [-0.25, -0.2) is 9.37 Å². The van der Waals surface area contributed by atoms with Crippen molar-refractivity contribution in [2.45, 2.75) is 12.8 Å². The summed E-state index contributed by atoms with van der Waals surface area (Å²) in [5.74, 6) is 0.178. The topological polar surface area (TPSA) is 80.3 Å². The number of fused-ring (bicyclic) bond motifs is 1. The average Bonchev–Trinajstić information content (AvgIpc) is 2.69. The Morgan fingerprint density at radius 3 is 2.82 bits per heavy atom. The van der Waals surface area contributed by atoms with Gasteiger partial charge in [0.05, 0.1) is 17.8 Å². The number of nitrogens with zero attached hydrogens (tertiary/aromatic N) is 1. The summed E-state index contributed by atoms with van der Waals surface area (Å²) < 4.78 is 18.7. The van der Waals surface area contributed by atoms with Crippen molar-refractivity contribution < 1.29 is 18.7 Å². The number of methoxy groups -OCH3 is 1. The third kappa shape index (κ3) is 4.37. The first-order chi connectivity index (χ1) is 13.5. The van der Waals surface area contributed by atoms with Gasteiger partial charge in [0.25, 0.3) is 0 Å². The number of hydrogen-bond acceptors (Lipinski definition) is 5. The van der Waals surface area contributed by atoms with Crippen molar-refractivity contribution >= 4 is 51.8 Å². The number of amides is 1. The number of ether oxygens (including phenoxy) is 1. The summed E-state index contributed by atoms with van der Waals surface area (Å²) in [6.07, 6.45) is 2.53. The molecule has 3 aromatic rings. The van der Waals surface area contributed by atoms with Gasteiger partial charge in [-0.1, -0.05) is 11.6 Å². The van der Waals surface area contributed by atoms with Crippen LogP contribution in [-0.2, 0) is 9.59 Å². The van der Waals surface area contributed by atoms with E-state index in [1.807, 2.05) is 0 Å². The number of pyridine rings is 1. The van der Waals surface area contributed by atoms with E-state index in [2.05, 4.69) is 15.6 Å². The highest BCUT2D eigenvalue weighted by molar-refractivity contribution is 6.31. The van der Waals surface area contributed by atoms with Gasteiger partial charge in [0.15, 0.2) is 0 Å². The molecular weight excluding hydrogens is 385 g/mol. The van der Waals surface area contributed by atoms with Gasteiger partial charge in [0, 0.05) is 30.1 Å². The second-order valence-electron chi connectivity index (χ2n) is 5.94. The highest BCUT2D eigenvalue weighted by atomic mass is 35.5. The van der Waals surface area contributed by atoms with E-state index in [9.17, 15) is 14.0 Å². The summed E-state index contributed by atoms with van der Waals surface area (Å²) in [6, 6.07) is 9.58. The summed E-state index contributed by atoms with van der Waals surface area (Å²) in [5, 5.41) is 7.39. The summed E-state index contributed by atoms with van der Waals surface area (Å²) in [5.41, 5.74) is 1.03. The van der Waals surface area contributed by atoms with Crippen LogP contribution in [0.5, 0.6) is 5.75 Å². The molecule has 0 fully saturated rings. The largest absolute Gasteiger partial charge is 0.495 e. The van der Waals surface area contributed by atoms with E-state index in [4.69, 9.17) is 16.3 Å².